The zero-order valence-corrected chi connectivity index (χ0v) is 17.6. The number of hydrogen-bond acceptors (Lipinski definition) is 5. The number of benzene rings is 1. The van der Waals surface area contributed by atoms with E-state index in [1.54, 1.807) is 47.5 Å². The van der Waals surface area contributed by atoms with E-state index >= 15 is 0 Å². The molecule has 4 aromatic heterocycles. The Morgan fingerprint density at radius 1 is 0.879 bits per heavy atom. The molecule has 1 aromatic carbocycles. The molecule has 0 bridgehead atoms. The molecular weight excluding hydrogens is 417 g/mol. The van der Waals surface area contributed by atoms with Crippen LogP contribution >= 0.6 is 0 Å². The fraction of sp³-hybridized carbons (Fsp3) is 0.0769. The van der Waals surface area contributed by atoms with Crippen molar-refractivity contribution >= 4 is 11.0 Å². The predicted molar refractivity (Wildman–Crippen MR) is 126 cm³/mol. The second-order valence-electron chi connectivity index (χ2n) is 7.44. The molecule has 0 unspecified atom stereocenters. The van der Waals surface area contributed by atoms with Crippen LogP contribution in [-0.4, -0.2) is 36.4 Å². The van der Waals surface area contributed by atoms with Crippen molar-refractivity contribution < 1.29 is 9.50 Å². The number of allylic oxidation sites excluding steroid dienone is 1. The van der Waals surface area contributed by atoms with Crippen molar-refractivity contribution in [2.24, 2.45) is 0 Å². The first kappa shape index (κ1) is 20.7. The minimum atomic E-state index is -0.337. The van der Waals surface area contributed by atoms with Crippen LogP contribution in [-0.2, 0) is 6.54 Å². The molecule has 0 saturated heterocycles. The molecule has 1 N–H and O–H groups in total. The first-order valence-electron chi connectivity index (χ1n) is 10.5. The van der Waals surface area contributed by atoms with Gasteiger partial charge in [-0.2, -0.15) is 5.10 Å². The molecule has 7 heteroatoms. The number of pyridine rings is 3. The van der Waals surface area contributed by atoms with Gasteiger partial charge in [-0.25, -0.2) is 14.4 Å². The molecule has 0 aliphatic rings. The number of fused-ring (bicyclic) bond motifs is 1. The van der Waals surface area contributed by atoms with Gasteiger partial charge in [-0.1, -0.05) is 24.3 Å². The van der Waals surface area contributed by atoms with Gasteiger partial charge >= 0.3 is 0 Å². The number of nitrogens with zero attached hydrogens (tertiary/aromatic N) is 5. The van der Waals surface area contributed by atoms with Gasteiger partial charge in [-0.05, 0) is 48.0 Å². The smallest absolute Gasteiger partial charge is 0.160 e. The van der Waals surface area contributed by atoms with E-state index in [4.69, 9.17) is 5.11 Å². The lowest BCUT2D eigenvalue weighted by Crippen LogP contribution is -1.95. The number of aliphatic hydroxyl groups excluding tert-OH is 1. The van der Waals surface area contributed by atoms with Crippen LogP contribution in [0, 0.1) is 5.82 Å². The molecule has 0 amide bonds. The van der Waals surface area contributed by atoms with Crippen LogP contribution in [0.15, 0.2) is 91.5 Å². The fourth-order valence-corrected chi connectivity index (χ4v) is 3.70. The van der Waals surface area contributed by atoms with E-state index in [0.717, 1.165) is 27.8 Å². The Kier molecular flexibility index (Phi) is 5.70. The summed E-state index contributed by atoms with van der Waals surface area (Å²) in [6.45, 7) is 0.580. The number of rotatable bonds is 6. The van der Waals surface area contributed by atoms with Gasteiger partial charge in [0.2, 0.25) is 0 Å². The lowest BCUT2D eigenvalue weighted by molar-refractivity contribution is 0.342. The second-order valence-corrected chi connectivity index (χ2v) is 7.44. The minimum Gasteiger partial charge on any atom is -0.392 e. The van der Waals surface area contributed by atoms with Crippen molar-refractivity contribution in [3.8, 4) is 33.6 Å². The molecule has 162 valence electrons. The van der Waals surface area contributed by atoms with E-state index in [1.807, 2.05) is 42.6 Å². The summed E-state index contributed by atoms with van der Waals surface area (Å²) in [7, 11) is 0. The van der Waals surface area contributed by atoms with Crippen molar-refractivity contribution in [2.45, 2.75) is 6.54 Å². The largest absolute Gasteiger partial charge is 0.392 e. The van der Waals surface area contributed by atoms with Gasteiger partial charge in [0, 0.05) is 40.7 Å². The van der Waals surface area contributed by atoms with Crippen LogP contribution < -0.4 is 0 Å². The summed E-state index contributed by atoms with van der Waals surface area (Å²) in [4.78, 5) is 13.6. The van der Waals surface area contributed by atoms with Crippen LogP contribution in [0.3, 0.4) is 0 Å². The predicted octanol–water partition coefficient (Wildman–Crippen LogP) is 4.91. The Bertz CT molecular complexity index is 1460. The van der Waals surface area contributed by atoms with Crippen molar-refractivity contribution in [2.75, 3.05) is 6.61 Å². The topological polar surface area (TPSA) is 76.7 Å². The Labute approximate surface area is 189 Å². The minimum absolute atomic E-state index is 0.00541. The number of halogens is 1. The average molecular weight is 437 g/mol. The number of aromatic nitrogens is 5. The summed E-state index contributed by atoms with van der Waals surface area (Å²) in [5.41, 5.74) is 4.92. The fourth-order valence-electron chi connectivity index (χ4n) is 3.70. The van der Waals surface area contributed by atoms with Crippen molar-refractivity contribution in [3.05, 3.63) is 97.4 Å². The summed E-state index contributed by atoms with van der Waals surface area (Å²) < 4.78 is 16.3. The van der Waals surface area contributed by atoms with E-state index in [-0.39, 0.29) is 12.4 Å². The third-order valence-electron chi connectivity index (χ3n) is 5.30. The molecule has 0 aliphatic carbocycles. The van der Waals surface area contributed by atoms with E-state index in [1.165, 1.54) is 6.07 Å². The molecular formula is C26H20FN5O. The van der Waals surface area contributed by atoms with Crippen LogP contribution in [0.4, 0.5) is 4.39 Å². The van der Waals surface area contributed by atoms with Crippen molar-refractivity contribution in [3.63, 3.8) is 0 Å². The van der Waals surface area contributed by atoms with E-state index in [0.29, 0.717) is 23.4 Å². The number of aliphatic hydroxyl groups is 1. The highest BCUT2D eigenvalue weighted by Gasteiger charge is 2.14. The Morgan fingerprint density at radius 2 is 1.79 bits per heavy atom. The highest BCUT2D eigenvalue weighted by Crippen LogP contribution is 2.33. The summed E-state index contributed by atoms with van der Waals surface area (Å²) in [6, 6.07) is 16.1. The average Bonchev–Trinajstić information content (AvgIpc) is 3.33. The highest BCUT2D eigenvalue weighted by atomic mass is 19.1. The lowest BCUT2D eigenvalue weighted by atomic mass is 10.0. The summed E-state index contributed by atoms with van der Waals surface area (Å²) >= 11 is 0. The second kappa shape index (κ2) is 9.10. The summed E-state index contributed by atoms with van der Waals surface area (Å²) in [6.07, 6.45) is 10.7. The van der Waals surface area contributed by atoms with Gasteiger partial charge in [-0.15, -0.1) is 0 Å². The highest BCUT2D eigenvalue weighted by molar-refractivity contribution is 5.94. The van der Waals surface area contributed by atoms with Gasteiger partial charge < -0.3 is 5.11 Å². The molecule has 0 aliphatic heterocycles. The first-order valence-corrected chi connectivity index (χ1v) is 10.5. The van der Waals surface area contributed by atoms with E-state index in [9.17, 15) is 4.39 Å². The quantitative estimate of drug-likeness (QED) is 0.382. The molecule has 6 nitrogen and oxygen atoms in total. The lowest BCUT2D eigenvalue weighted by Gasteiger charge is -2.10. The summed E-state index contributed by atoms with van der Waals surface area (Å²) in [5, 5.41) is 14.1. The molecule has 5 aromatic rings. The van der Waals surface area contributed by atoms with E-state index < -0.39 is 0 Å². The maximum atomic E-state index is 14.5. The van der Waals surface area contributed by atoms with E-state index in [2.05, 4.69) is 20.1 Å². The zero-order chi connectivity index (χ0) is 22.6. The molecule has 0 radical (unpaired) electrons. The van der Waals surface area contributed by atoms with Crippen LogP contribution in [0.1, 0.15) is 0 Å². The Hall–Kier alpha value is -4.23. The third kappa shape index (κ3) is 4.26. The Balaban J connectivity index is 1.60. The number of hydrogen-bond donors (Lipinski definition) is 1. The van der Waals surface area contributed by atoms with Gasteiger partial charge in [0.25, 0.3) is 0 Å². The monoisotopic (exact) mass is 437 g/mol. The van der Waals surface area contributed by atoms with Crippen molar-refractivity contribution in [1.29, 1.82) is 0 Å². The SMILES string of the molecule is OCC=CCn1cc(-c2ccnc(-c3cc(-c4ccccc4F)nc4ncccc34)c2)cn1. The standard InChI is InChI=1S/C26H20FN5O/c27-23-8-2-1-6-21(23)25-15-22(20-7-5-10-29-26(20)31-25)24-14-18(9-11-28-24)19-16-30-32(17-19)12-3-4-13-33/h1-11,14-17,33H,12-13H2. The molecule has 0 fully saturated rings. The van der Waals surface area contributed by atoms with Gasteiger partial charge in [0.1, 0.15) is 5.82 Å². The Morgan fingerprint density at radius 3 is 2.67 bits per heavy atom. The molecule has 0 saturated carbocycles. The van der Waals surface area contributed by atoms with Gasteiger partial charge in [0.15, 0.2) is 5.65 Å². The van der Waals surface area contributed by atoms with Gasteiger partial charge in [0.05, 0.1) is 30.7 Å². The van der Waals surface area contributed by atoms with Crippen LogP contribution in [0.5, 0.6) is 0 Å². The normalized spacial score (nSPS) is 11.5. The molecule has 33 heavy (non-hydrogen) atoms. The van der Waals surface area contributed by atoms with Crippen LogP contribution in [0.2, 0.25) is 0 Å². The van der Waals surface area contributed by atoms with Crippen LogP contribution in [0.25, 0.3) is 44.7 Å². The molecule has 4 heterocycles. The zero-order valence-electron chi connectivity index (χ0n) is 17.6. The summed E-state index contributed by atoms with van der Waals surface area (Å²) in [5.74, 6) is -0.337. The third-order valence-corrected chi connectivity index (χ3v) is 5.30. The maximum Gasteiger partial charge on any atom is 0.160 e. The first-order chi connectivity index (χ1) is 16.2. The van der Waals surface area contributed by atoms with Gasteiger partial charge in [-0.3, -0.25) is 9.67 Å². The van der Waals surface area contributed by atoms with Crippen molar-refractivity contribution in [1.82, 2.24) is 24.7 Å². The maximum absolute atomic E-state index is 14.5. The molecule has 5 rings (SSSR count). The molecule has 0 spiro atoms. The molecule has 0 atom stereocenters.